The van der Waals surface area contributed by atoms with E-state index in [-0.39, 0.29) is 0 Å². The number of benzene rings is 1. The van der Waals surface area contributed by atoms with E-state index in [0.29, 0.717) is 12.6 Å². The highest BCUT2D eigenvalue weighted by Crippen LogP contribution is 2.19. The molecule has 1 aromatic rings. The largest absolute Gasteiger partial charge is 0.493 e. The zero-order valence-corrected chi connectivity index (χ0v) is 13.4. The van der Waals surface area contributed by atoms with Gasteiger partial charge in [-0.2, -0.15) is 0 Å². The lowest BCUT2D eigenvalue weighted by Crippen LogP contribution is -2.48. The van der Waals surface area contributed by atoms with Crippen LogP contribution in [-0.2, 0) is 6.42 Å². The third kappa shape index (κ3) is 4.99. The Labute approximate surface area is 128 Å². The van der Waals surface area contributed by atoms with Crippen LogP contribution in [-0.4, -0.2) is 62.2 Å². The summed E-state index contributed by atoms with van der Waals surface area (Å²) in [5.74, 6) is 0.994. The Bertz CT molecular complexity index is 416. The predicted molar refractivity (Wildman–Crippen MR) is 87.8 cm³/mol. The zero-order valence-electron chi connectivity index (χ0n) is 13.4. The Balaban J connectivity index is 1.76. The molecule has 1 aliphatic heterocycles. The summed E-state index contributed by atoms with van der Waals surface area (Å²) in [7, 11) is 2.19. The molecule has 2 rings (SSSR count). The van der Waals surface area contributed by atoms with Gasteiger partial charge in [0.15, 0.2) is 0 Å². The molecule has 1 aliphatic rings. The number of hydrogen-bond acceptors (Lipinski definition) is 4. The zero-order chi connectivity index (χ0) is 15.1. The van der Waals surface area contributed by atoms with E-state index >= 15 is 0 Å². The van der Waals surface area contributed by atoms with E-state index in [2.05, 4.69) is 29.8 Å². The molecular weight excluding hydrogens is 262 g/mol. The standard InChI is InChI=1S/C17H29N3O/c1-15(20-12-10-19(2)11-13-20)8-14-21-17-6-4-3-5-16(17)7-9-18/h3-6,15H,7-14,18H2,1-2H3. The third-order valence-corrected chi connectivity index (χ3v) is 4.34. The van der Waals surface area contributed by atoms with Crippen LogP contribution < -0.4 is 10.5 Å². The second-order valence-corrected chi connectivity index (χ2v) is 5.97. The van der Waals surface area contributed by atoms with Crippen molar-refractivity contribution in [3.05, 3.63) is 29.8 Å². The summed E-state index contributed by atoms with van der Waals surface area (Å²) < 4.78 is 5.98. The summed E-state index contributed by atoms with van der Waals surface area (Å²) in [5, 5.41) is 0. The maximum Gasteiger partial charge on any atom is 0.122 e. The molecule has 1 fully saturated rings. The molecule has 0 amide bonds. The number of ether oxygens (including phenoxy) is 1. The van der Waals surface area contributed by atoms with Crippen LogP contribution in [0.4, 0.5) is 0 Å². The molecule has 1 heterocycles. The quantitative estimate of drug-likeness (QED) is 0.828. The SMILES string of the molecule is CC(CCOc1ccccc1CCN)N1CCN(C)CC1. The van der Waals surface area contributed by atoms with Crippen molar-refractivity contribution in [3.8, 4) is 5.75 Å². The summed E-state index contributed by atoms with van der Waals surface area (Å²) in [6.45, 7) is 8.42. The van der Waals surface area contributed by atoms with Crippen molar-refractivity contribution in [3.63, 3.8) is 0 Å². The van der Waals surface area contributed by atoms with Gasteiger partial charge in [-0.1, -0.05) is 18.2 Å². The van der Waals surface area contributed by atoms with Gasteiger partial charge in [-0.25, -0.2) is 0 Å². The molecule has 1 aromatic carbocycles. The van der Waals surface area contributed by atoms with Gasteiger partial charge in [0.05, 0.1) is 6.61 Å². The fraction of sp³-hybridized carbons (Fsp3) is 0.647. The molecular formula is C17H29N3O. The Morgan fingerprint density at radius 3 is 2.62 bits per heavy atom. The number of nitrogens with two attached hydrogens (primary N) is 1. The van der Waals surface area contributed by atoms with Gasteiger partial charge in [0.25, 0.3) is 0 Å². The number of rotatable bonds is 7. The number of likely N-dealkylation sites (N-methyl/N-ethyl adjacent to an activating group) is 1. The van der Waals surface area contributed by atoms with Gasteiger partial charge in [-0.3, -0.25) is 4.90 Å². The second-order valence-electron chi connectivity index (χ2n) is 5.97. The fourth-order valence-corrected chi connectivity index (χ4v) is 2.79. The molecule has 0 spiro atoms. The number of piperazine rings is 1. The molecule has 1 unspecified atom stereocenters. The van der Waals surface area contributed by atoms with Crippen LogP contribution in [0, 0.1) is 0 Å². The second kappa shape index (κ2) is 8.37. The predicted octanol–water partition coefficient (Wildman–Crippen LogP) is 1.59. The van der Waals surface area contributed by atoms with Gasteiger partial charge < -0.3 is 15.4 Å². The highest BCUT2D eigenvalue weighted by atomic mass is 16.5. The lowest BCUT2D eigenvalue weighted by Gasteiger charge is -2.36. The molecule has 0 aromatic heterocycles. The van der Waals surface area contributed by atoms with Crippen LogP contribution in [0.15, 0.2) is 24.3 Å². The Morgan fingerprint density at radius 1 is 1.19 bits per heavy atom. The molecule has 0 radical (unpaired) electrons. The van der Waals surface area contributed by atoms with Crippen molar-refractivity contribution < 1.29 is 4.74 Å². The van der Waals surface area contributed by atoms with E-state index in [9.17, 15) is 0 Å². The average molecular weight is 291 g/mol. The summed E-state index contributed by atoms with van der Waals surface area (Å²) in [6, 6.07) is 8.81. The molecule has 4 heteroatoms. The summed E-state index contributed by atoms with van der Waals surface area (Å²) >= 11 is 0. The molecule has 118 valence electrons. The minimum absolute atomic E-state index is 0.584. The first-order valence-corrected chi connectivity index (χ1v) is 8.04. The molecule has 1 atom stereocenters. The van der Waals surface area contributed by atoms with E-state index in [4.69, 9.17) is 10.5 Å². The molecule has 21 heavy (non-hydrogen) atoms. The highest BCUT2D eigenvalue weighted by molar-refractivity contribution is 5.33. The molecule has 0 bridgehead atoms. The van der Waals surface area contributed by atoms with E-state index in [1.54, 1.807) is 0 Å². The normalized spacial score (nSPS) is 18.6. The van der Waals surface area contributed by atoms with E-state index in [1.807, 2.05) is 18.2 Å². The number of para-hydroxylation sites is 1. The van der Waals surface area contributed by atoms with E-state index < -0.39 is 0 Å². The van der Waals surface area contributed by atoms with Crippen LogP contribution in [0.3, 0.4) is 0 Å². The van der Waals surface area contributed by atoms with Gasteiger partial charge in [0.1, 0.15) is 5.75 Å². The highest BCUT2D eigenvalue weighted by Gasteiger charge is 2.18. The van der Waals surface area contributed by atoms with Gasteiger partial charge in [-0.05, 0) is 45.0 Å². The third-order valence-electron chi connectivity index (χ3n) is 4.34. The maximum atomic E-state index is 5.98. The van der Waals surface area contributed by atoms with E-state index in [1.165, 1.54) is 31.7 Å². The molecule has 1 saturated heterocycles. The lowest BCUT2D eigenvalue weighted by atomic mass is 10.1. The van der Waals surface area contributed by atoms with Crippen molar-refractivity contribution in [1.82, 2.24) is 9.80 Å². The van der Waals surface area contributed by atoms with Crippen LogP contribution in [0.1, 0.15) is 18.9 Å². The van der Waals surface area contributed by atoms with Crippen LogP contribution in [0.2, 0.25) is 0 Å². The van der Waals surface area contributed by atoms with Crippen LogP contribution in [0.5, 0.6) is 5.75 Å². The van der Waals surface area contributed by atoms with Crippen molar-refractivity contribution >= 4 is 0 Å². The lowest BCUT2D eigenvalue weighted by molar-refractivity contribution is 0.106. The first-order valence-electron chi connectivity index (χ1n) is 8.04. The van der Waals surface area contributed by atoms with Crippen molar-refractivity contribution in [2.45, 2.75) is 25.8 Å². The fourth-order valence-electron chi connectivity index (χ4n) is 2.79. The average Bonchev–Trinajstić information content (AvgIpc) is 2.50. The van der Waals surface area contributed by atoms with Gasteiger partial charge in [-0.15, -0.1) is 0 Å². The Hall–Kier alpha value is -1.10. The topological polar surface area (TPSA) is 41.7 Å². The molecule has 0 saturated carbocycles. The van der Waals surface area contributed by atoms with Crippen molar-refractivity contribution in [1.29, 1.82) is 0 Å². The van der Waals surface area contributed by atoms with Gasteiger partial charge in [0.2, 0.25) is 0 Å². The number of hydrogen-bond donors (Lipinski definition) is 1. The van der Waals surface area contributed by atoms with Gasteiger partial charge >= 0.3 is 0 Å². The summed E-state index contributed by atoms with van der Waals surface area (Å²) in [4.78, 5) is 4.96. The smallest absolute Gasteiger partial charge is 0.122 e. The summed E-state index contributed by atoms with van der Waals surface area (Å²) in [5.41, 5.74) is 6.86. The van der Waals surface area contributed by atoms with Crippen LogP contribution >= 0.6 is 0 Å². The Morgan fingerprint density at radius 2 is 1.90 bits per heavy atom. The monoisotopic (exact) mass is 291 g/mol. The van der Waals surface area contributed by atoms with Crippen LogP contribution in [0.25, 0.3) is 0 Å². The minimum Gasteiger partial charge on any atom is -0.493 e. The first-order chi connectivity index (χ1) is 10.2. The van der Waals surface area contributed by atoms with Crippen molar-refractivity contribution in [2.24, 2.45) is 5.73 Å². The Kier molecular flexibility index (Phi) is 6.49. The molecule has 0 aliphatic carbocycles. The first kappa shape index (κ1) is 16.3. The molecule has 2 N–H and O–H groups in total. The minimum atomic E-state index is 0.584. The van der Waals surface area contributed by atoms with Gasteiger partial charge in [0, 0.05) is 32.2 Å². The maximum absolute atomic E-state index is 5.98. The number of nitrogens with zero attached hydrogens (tertiary/aromatic N) is 2. The molecule has 4 nitrogen and oxygen atoms in total. The summed E-state index contributed by atoms with van der Waals surface area (Å²) in [6.07, 6.45) is 1.95. The van der Waals surface area contributed by atoms with Crippen molar-refractivity contribution in [2.75, 3.05) is 46.4 Å². The van der Waals surface area contributed by atoms with E-state index in [0.717, 1.165) is 25.2 Å².